The smallest absolute Gasteiger partial charge is 0.340 e. The van der Waals surface area contributed by atoms with Gasteiger partial charge in [-0.15, -0.1) is 0 Å². The minimum absolute atomic E-state index is 0.0606. The molecule has 2 heterocycles. The van der Waals surface area contributed by atoms with Gasteiger partial charge in [0.15, 0.2) is 5.15 Å². The summed E-state index contributed by atoms with van der Waals surface area (Å²) in [6, 6.07) is 10.4. The second kappa shape index (κ2) is 6.34. The van der Waals surface area contributed by atoms with Crippen LogP contribution in [0.1, 0.15) is 35.7 Å². The molecule has 1 saturated heterocycles. The summed E-state index contributed by atoms with van der Waals surface area (Å²) >= 11 is 5.93. The molecular formula is C17H20ClN3O2. The van der Waals surface area contributed by atoms with Gasteiger partial charge in [-0.1, -0.05) is 41.9 Å². The lowest BCUT2D eigenvalue weighted by Crippen LogP contribution is -2.44. The van der Waals surface area contributed by atoms with Crippen molar-refractivity contribution in [1.82, 2.24) is 14.7 Å². The van der Waals surface area contributed by atoms with Crippen molar-refractivity contribution in [3.05, 3.63) is 52.8 Å². The molecule has 23 heavy (non-hydrogen) atoms. The van der Waals surface area contributed by atoms with Crippen LogP contribution in [0.5, 0.6) is 0 Å². The normalized spacial score (nSPS) is 18.0. The van der Waals surface area contributed by atoms with E-state index in [1.165, 1.54) is 5.56 Å². The van der Waals surface area contributed by atoms with Gasteiger partial charge in [-0.2, -0.15) is 5.10 Å². The number of likely N-dealkylation sites (tertiary alicyclic amines) is 1. The van der Waals surface area contributed by atoms with Gasteiger partial charge < -0.3 is 5.11 Å². The lowest BCUT2D eigenvalue weighted by molar-refractivity contribution is 0.0696. The fraction of sp³-hybridized carbons (Fsp3) is 0.412. The van der Waals surface area contributed by atoms with Crippen molar-refractivity contribution >= 4 is 17.6 Å². The van der Waals surface area contributed by atoms with Crippen LogP contribution in [0.4, 0.5) is 0 Å². The molecule has 0 aliphatic carbocycles. The van der Waals surface area contributed by atoms with Crippen LogP contribution in [0.2, 0.25) is 5.15 Å². The van der Waals surface area contributed by atoms with E-state index in [-0.39, 0.29) is 16.3 Å². The van der Waals surface area contributed by atoms with Crippen molar-refractivity contribution in [2.75, 3.05) is 13.1 Å². The fourth-order valence-electron chi connectivity index (χ4n) is 3.04. The highest BCUT2D eigenvalue weighted by atomic mass is 35.5. The third-order valence-electron chi connectivity index (χ3n) is 4.63. The Morgan fingerprint density at radius 1 is 1.30 bits per heavy atom. The Hall–Kier alpha value is -1.85. The molecule has 1 fully saturated rings. The van der Waals surface area contributed by atoms with Crippen LogP contribution in [0.25, 0.3) is 0 Å². The molecule has 3 rings (SSSR count). The number of halogens is 1. The molecule has 0 amide bonds. The van der Waals surface area contributed by atoms with Gasteiger partial charge in [0.2, 0.25) is 0 Å². The van der Waals surface area contributed by atoms with Gasteiger partial charge in [-0.25, -0.2) is 4.79 Å². The van der Waals surface area contributed by atoms with Gasteiger partial charge in [0.25, 0.3) is 0 Å². The van der Waals surface area contributed by atoms with Gasteiger partial charge >= 0.3 is 5.97 Å². The Kier molecular flexibility index (Phi) is 4.41. The average Bonchev–Trinajstić information content (AvgIpc) is 2.94. The minimum Gasteiger partial charge on any atom is -0.478 e. The van der Waals surface area contributed by atoms with Gasteiger partial charge in [0.05, 0.1) is 5.54 Å². The lowest BCUT2D eigenvalue weighted by Gasteiger charge is -2.39. The SMILES string of the molecule is CC1(n2cc(C(=O)O)c(Cl)n2)CCN(Cc2ccccc2)CC1. The first-order valence-electron chi connectivity index (χ1n) is 7.73. The Morgan fingerprint density at radius 2 is 1.96 bits per heavy atom. The zero-order valence-electron chi connectivity index (χ0n) is 13.1. The molecule has 0 atom stereocenters. The number of carboxylic acid groups (broad SMARTS) is 1. The van der Waals surface area contributed by atoms with Crippen LogP contribution >= 0.6 is 11.6 Å². The molecule has 0 unspecified atom stereocenters. The summed E-state index contributed by atoms with van der Waals surface area (Å²) in [6.45, 7) is 4.95. The Balaban J connectivity index is 1.67. The van der Waals surface area contributed by atoms with E-state index in [9.17, 15) is 4.79 Å². The van der Waals surface area contributed by atoms with E-state index in [1.54, 1.807) is 10.9 Å². The summed E-state index contributed by atoms with van der Waals surface area (Å²) in [5.74, 6) is -1.04. The zero-order valence-corrected chi connectivity index (χ0v) is 13.8. The first kappa shape index (κ1) is 16.0. The molecule has 0 bridgehead atoms. The van der Waals surface area contributed by atoms with Crippen molar-refractivity contribution < 1.29 is 9.90 Å². The Morgan fingerprint density at radius 3 is 2.52 bits per heavy atom. The third kappa shape index (κ3) is 3.41. The van der Waals surface area contributed by atoms with Gasteiger partial charge in [-0.05, 0) is 25.3 Å². The number of benzene rings is 1. The zero-order chi connectivity index (χ0) is 16.4. The van der Waals surface area contributed by atoms with Crippen LogP contribution < -0.4 is 0 Å². The van der Waals surface area contributed by atoms with Crippen molar-refractivity contribution in [3.8, 4) is 0 Å². The van der Waals surface area contributed by atoms with Crippen LogP contribution in [0.3, 0.4) is 0 Å². The van der Waals surface area contributed by atoms with E-state index in [4.69, 9.17) is 16.7 Å². The number of rotatable bonds is 4. The summed E-state index contributed by atoms with van der Waals surface area (Å²) < 4.78 is 1.73. The number of aromatic nitrogens is 2. The predicted molar refractivity (Wildman–Crippen MR) is 88.8 cm³/mol. The number of hydrogen-bond donors (Lipinski definition) is 1. The molecule has 6 heteroatoms. The van der Waals surface area contributed by atoms with Crippen molar-refractivity contribution in [3.63, 3.8) is 0 Å². The molecule has 0 radical (unpaired) electrons. The summed E-state index contributed by atoms with van der Waals surface area (Å²) in [5.41, 5.74) is 1.19. The fourth-order valence-corrected chi connectivity index (χ4v) is 3.25. The van der Waals surface area contributed by atoms with Gasteiger partial charge in [-0.3, -0.25) is 9.58 Å². The molecule has 0 saturated carbocycles. The van der Waals surface area contributed by atoms with E-state index >= 15 is 0 Å². The maximum absolute atomic E-state index is 11.1. The Bertz CT molecular complexity index is 691. The molecule has 1 aliphatic rings. The van der Waals surface area contributed by atoms with Crippen LogP contribution in [0.15, 0.2) is 36.5 Å². The highest BCUT2D eigenvalue weighted by molar-refractivity contribution is 6.32. The largest absolute Gasteiger partial charge is 0.478 e. The average molecular weight is 334 g/mol. The molecule has 1 aliphatic heterocycles. The van der Waals surface area contributed by atoms with E-state index in [0.29, 0.717) is 0 Å². The van der Waals surface area contributed by atoms with E-state index in [2.05, 4.69) is 41.2 Å². The summed E-state index contributed by atoms with van der Waals surface area (Å²) in [7, 11) is 0. The monoisotopic (exact) mass is 333 g/mol. The first-order valence-corrected chi connectivity index (χ1v) is 8.11. The summed E-state index contributed by atoms with van der Waals surface area (Å²) in [5, 5.41) is 13.4. The molecule has 1 aromatic carbocycles. The van der Waals surface area contributed by atoms with Crippen molar-refractivity contribution in [2.45, 2.75) is 31.8 Å². The number of hydrogen-bond acceptors (Lipinski definition) is 3. The van der Waals surface area contributed by atoms with E-state index < -0.39 is 5.97 Å². The lowest BCUT2D eigenvalue weighted by atomic mass is 9.89. The summed E-state index contributed by atoms with van der Waals surface area (Å²) in [4.78, 5) is 13.5. The molecular weight excluding hydrogens is 314 g/mol. The maximum Gasteiger partial charge on any atom is 0.340 e. The van der Waals surface area contributed by atoms with Gasteiger partial charge in [0, 0.05) is 25.8 Å². The topological polar surface area (TPSA) is 58.4 Å². The van der Waals surface area contributed by atoms with E-state index in [0.717, 1.165) is 32.5 Å². The molecule has 2 aromatic rings. The Labute approximate surface area is 140 Å². The predicted octanol–water partition coefficient (Wildman–Crippen LogP) is 3.25. The highest BCUT2D eigenvalue weighted by Crippen LogP contribution is 2.31. The minimum atomic E-state index is -1.04. The quantitative estimate of drug-likeness (QED) is 0.933. The van der Waals surface area contributed by atoms with Crippen LogP contribution in [0, 0.1) is 0 Å². The molecule has 0 spiro atoms. The number of piperidine rings is 1. The number of nitrogens with zero attached hydrogens (tertiary/aromatic N) is 3. The second-order valence-electron chi connectivity index (χ2n) is 6.34. The van der Waals surface area contributed by atoms with Gasteiger partial charge in [0.1, 0.15) is 5.56 Å². The number of aromatic carboxylic acids is 1. The first-order chi connectivity index (χ1) is 11.0. The molecule has 122 valence electrons. The van der Waals surface area contributed by atoms with Crippen LogP contribution in [-0.4, -0.2) is 38.8 Å². The highest BCUT2D eigenvalue weighted by Gasteiger charge is 2.33. The maximum atomic E-state index is 11.1. The second-order valence-corrected chi connectivity index (χ2v) is 6.70. The number of carboxylic acids is 1. The molecule has 5 nitrogen and oxygen atoms in total. The van der Waals surface area contributed by atoms with E-state index in [1.807, 2.05) is 6.07 Å². The van der Waals surface area contributed by atoms with Crippen LogP contribution in [-0.2, 0) is 12.1 Å². The molecule has 1 aromatic heterocycles. The third-order valence-corrected chi connectivity index (χ3v) is 4.91. The standard InChI is InChI=1S/C17H20ClN3O2/c1-17(21-12-14(16(22)23)15(18)19-21)7-9-20(10-8-17)11-13-5-3-2-4-6-13/h2-6,12H,7-11H2,1H3,(H,22,23). The molecule has 1 N–H and O–H groups in total. The number of carbonyl (C=O) groups is 1. The van der Waals surface area contributed by atoms with Crippen molar-refractivity contribution in [2.24, 2.45) is 0 Å². The van der Waals surface area contributed by atoms with Crippen molar-refractivity contribution in [1.29, 1.82) is 0 Å². The summed E-state index contributed by atoms with van der Waals surface area (Å²) in [6.07, 6.45) is 3.38.